The predicted molar refractivity (Wildman–Crippen MR) is 108 cm³/mol. The lowest BCUT2D eigenvalue weighted by molar-refractivity contribution is -0.197. The molecule has 1 heterocycles. The van der Waals surface area contributed by atoms with Gasteiger partial charge in [-0.1, -0.05) is 40.0 Å². The molecule has 1 atom stereocenters. The number of rotatable bonds is 6. The molecule has 3 rings (SSSR count). The molecule has 0 aromatic rings. The Kier molecular flexibility index (Phi) is 7.07. The maximum Gasteiger partial charge on any atom is 0.168 e. The number of hydrogen-bond acceptors (Lipinski definition) is 3. The lowest BCUT2D eigenvalue weighted by Gasteiger charge is -2.41. The van der Waals surface area contributed by atoms with Crippen molar-refractivity contribution >= 4 is 0 Å². The van der Waals surface area contributed by atoms with Crippen LogP contribution in [0.25, 0.3) is 0 Å². The Morgan fingerprint density at radius 1 is 0.962 bits per heavy atom. The summed E-state index contributed by atoms with van der Waals surface area (Å²) in [5.41, 5.74) is 0.421. The van der Waals surface area contributed by atoms with E-state index in [-0.39, 0.29) is 5.79 Å². The summed E-state index contributed by atoms with van der Waals surface area (Å²) in [4.78, 5) is 2.61. The molecule has 0 radical (unpaired) electrons. The Morgan fingerprint density at radius 3 is 2.31 bits per heavy atom. The van der Waals surface area contributed by atoms with E-state index < -0.39 is 0 Å². The van der Waals surface area contributed by atoms with Crippen LogP contribution >= 0.6 is 0 Å². The van der Waals surface area contributed by atoms with Crippen molar-refractivity contribution in [3.63, 3.8) is 0 Å². The maximum absolute atomic E-state index is 6.44. The fourth-order valence-corrected chi connectivity index (χ4v) is 5.38. The highest BCUT2D eigenvalue weighted by molar-refractivity contribution is 4.88. The van der Waals surface area contributed by atoms with Crippen molar-refractivity contribution in [1.29, 1.82) is 0 Å². The lowest BCUT2D eigenvalue weighted by Crippen LogP contribution is -2.38. The largest absolute Gasteiger partial charge is 0.347 e. The van der Waals surface area contributed by atoms with Crippen molar-refractivity contribution in [2.45, 2.75) is 116 Å². The summed E-state index contributed by atoms with van der Waals surface area (Å²) in [5, 5.41) is 0. The summed E-state index contributed by atoms with van der Waals surface area (Å²) in [5.74, 6) is 0.584. The van der Waals surface area contributed by atoms with Gasteiger partial charge >= 0.3 is 0 Å². The molecule has 0 N–H and O–H groups in total. The first-order chi connectivity index (χ1) is 12.4. The third-order valence-electron chi connectivity index (χ3n) is 7.37. The molecule has 2 saturated carbocycles. The Bertz CT molecular complexity index is 416. The molecular weight excluding hydrogens is 322 g/mol. The molecule has 3 fully saturated rings. The van der Waals surface area contributed by atoms with Crippen LogP contribution in [0.4, 0.5) is 0 Å². The van der Waals surface area contributed by atoms with E-state index in [0.29, 0.717) is 11.5 Å². The minimum Gasteiger partial charge on any atom is -0.347 e. The second-order valence-corrected chi connectivity index (χ2v) is 10.4. The fraction of sp³-hybridized carbons (Fsp3) is 1.00. The molecular formula is C23H43NO2. The number of nitrogens with zero attached hydrogens (tertiary/aromatic N) is 1. The molecule has 1 unspecified atom stereocenters. The topological polar surface area (TPSA) is 21.7 Å². The van der Waals surface area contributed by atoms with Gasteiger partial charge in [-0.05, 0) is 69.9 Å². The molecule has 1 aliphatic heterocycles. The monoisotopic (exact) mass is 365 g/mol. The van der Waals surface area contributed by atoms with Gasteiger partial charge in [0, 0.05) is 18.9 Å². The Morgan fingerprint density at radius 2 is 1.65 bits per heavy atom. The molecule has 152 valence electrons. The van der Waals surface area contributed by atoms with Gasteiger partial charge < -0.3 is 14.4 Å². The van der Waals surface area contributed by atoms with Crippen LogP contribution in [0.5, 0.6) is 0 Å². The average Bonchev–Trinajstić information content (AvgIpc) is 3.01. The van der Waals surface area contributed by atoms with E-state index in [4.69, 9.17) is 9.47 Å². The van der Waals surface area contributed by atoms with Crippen LogP contribution in [0.1, 0.15) is 97.8 Å². The van der Waals surface area contributed by atoms with Gasteiger partial charge in [-0.2, -0.15) is 0 Å². The summed E-state index contributed by atoms with van der Waals surface area (Å²) < 4.78 is 12.6. The highest BCUT2D eigenvalue weighted by Crippen LogP contribution is 2.46. The fourth-order valence-electron chi connectivity index (χ4n) is 5.38. The molecule has 3 nitrogen and oxygen atoms in total. The molecule has 0 bridgehead atoms. The third kappa shape index (κ3) is 5.45. The minimum atomic E-state index is -0.231. The van der Waals surface area contributed by atoms with Gasteiger partial charge in [-0.15, -0.1) is 0 Å². The Labute approximate surface area is 162 Å². The van der Waals surface area contributed by atoms with Gasteiger partial charge in [-0.3, -0.25) is 0 Å². The lowest BCUT2D eigenvalue weighted by atomic mass is 9.71. The van der Waals surface area contributed by atoms with Crippen LogP contribution in [0, 0.1) is 11.3 Å². The normalized spacial score (nSPS) is 34.0. The maximum atomic E-state index is 6.44. The van der Waals surface area contributed by atoms with Crippen molar-refractivity contribution in [2.75, 3.05) is 20.2 Å². The van der Waals surface area contributed by atoms with Gasteiger partial charge in [0.05, 0.1) is 12.7 Å². The highest BCUT2D eigenvalue weighted by atomic mass is 16.7. The second kappa shape index (κ2) is 8.92. The van der Waals surface area contributed by atoms with Crippen molar-refractivity contribution in [3.8, 4) is 0 Å². The van der Waals surface area contributed by atoms with E-state index in [0.717, 1.165) is 31.4 Å². The highest BCUT2D eigenvalue weighted by Gasteiger charge is 2.45. The van der Waals surface area contributed by atoms with Crippen LogP contribution in [0.2, 0.25) is 0 Å². The molecule has 1 spiro atoms. The van der Waals surface area contributed by atoms with Crippen LogP contribution in [0.3, 0.4) is 0 Å². The van der Waals surface area contributed by atoms with Gasteiger partial charge in [0.25, 0.3) is 0 Å². The molecule has 0 amide bonds. The van der Waals surface area contributed by atoms with Crippen LogP contribution in [-0.2, 0) is 9.47 Å². The van der Waals surface area contributed by atoms with Crippen LogP contribution in [-0.4, -0.2) is 43.0 Å². The van der Waals surface area contributed by atoms with Crippen LogP contribution < -0.4 is 0 Å². The first-order valence-corrected chi connectivity index (χ1v) is 11.4. The Balaban J connectivity index is 1.31. The minimum absolute atomic E-state index is 0.231. The van der Waals surface area contributed by atoms with Gasteiger partial charge in [-0.25, -0.2) is 0 Å². The number of hydrogen-bond donors (Lipinski definition) is 0. The van der Waals surface area contributed by atoms with E-state index in [9.17, 15) is 0 Å². The van der Waals surface area contributed by atoms with Crippen molar-refractivity contribution in [3.05, 3.63) is 0 Å². The van der Waals surface area contributed by atoms with E-state index in [1.54, 1.807) is 0 Å². The molecule has 0 aromatic heterocycles. The summed E-state index contributed by atoms with van der Waals surface area (Å²) in [6, 6.07) is 0.844. The Hall–Kier alpha value is -0.120. The van der Waals surface area contributed by atoms with Crippen LogP contribution in [0.15, 0.2) is 0 Å². The summed E-state index contributed by atoms with van der Waals surface area (Å²) in [7, 11) is 2.33. The molecule has 3 aliphatic rings. The summed E-state index contributed by atoms with van der Waals surface area (Å²) in [6.07, 6.45) is 15.9. The van der Waals surface area contributed by atoms with Gasteiger partial charge in [0.15, 0.2) is 5.79 Å². The molecule has 2 aliphatic carbocycles. The molecule has 26 heavy (non-hydrogen) atoms. The standard InChI is InChI=1S/C23H43NO2/c1-22(2,3)19-13-15-23(16-14-19)25-18-21(26-23)12-8-9-17-24(4)20-10-6-5-7-11-20/h19-21H,5-18H2,1-4H3. The van der Waals surface area contributed by atoms with Crippen molar-refractivity contribution in [1.82, 2.24) is 4.90 Å². The first-order valence-electron chi connectivity index (χ1n) is 11.4. The van der Waals surface area contributed by atoms with E-state index in [1.807, 2.05) is 0 Å². The van der Waals surface area contributed by atoms with E-state index in [2.05, 4.69) is 32.7 Å². The second-order valence-electron chi connectivity index (χ2n) is 10.4. The third-order valence-corrected chi connectivity index (χ3v) is 7.37. The SMILES string of the molecule is CN(CCCCC1COC2(CCC(C(C)(C)C)CC2)O1)C1CCCCC1. The zero-order valence-corrected chi connectivity index (χ0v) is 17.9. The number of ether oxygens (including phenoxy) is 2. The summed E-state index contributed by atoms with van der Waals surface area (Å²) >= 11 is 0. The zero-order valence-electron chi connectivity index (χ0n) is 17.9. The molecule has 0 aromatic carbocycles. The predicted octanol–water partition coefficient (Wildman–Crippen LogP) is 5.77. The smallest absolute Gasteiger partial charge is 0.168 e. The van der Waals surface area contributed by atoms with Crippen molar-refractivity contribution in [2.24, 2.45) is 11.3 Å². The number of unbranched alkanes of at least 4 members (excludes halogenated alkanes) is 1. The van der Waals surface area contributed by atoms with Gasteiger partial charge in [0.1, 0.15) is 0 Å². The quantitative estimate of drug-likeness (QED) is 0.558. The first kappa shape index (κ1) is 20.6. The summed E-state index contributed by atoms with van der Waals surface area (Å²) in [6.45, 7) is 9.19. The van der Waals surface area contributed by atoms with E-state index in [1.165, 1.54) is 70.8 Å². The average molecular weight is 366 g/mol. The van der Waals surface area contributed by atoms with Crippen molar-refractivity contribution < 1.29 is 9.47 Å². The molecule has 3 heteroatoms. The van der Waals surface area contributed by atoms with Gasteiger partial charge in [0.2, 0.25) is 0 Å². The van der Waals surface area contributed by atoms with E-state index >= 15 is 0 Å². The zero-order chi connectivity index (χ0) is 18.6. The molecule has 1 saturated heterocycles.